The third-order valence-electron chi connectivity index (χ3n) is 7.53. The molecule has 1 amide bonds. The molecule has 0 unspecified atom stereocenters. The molecule has 2 aliphatic heterocycles. The normalized spacial score (nSPS) is 18.4. The maximum atomic E-state index is 15.2. The van der Waals surface area contributed by atoms with E-state index in [1.807, 2.05) is 18.7 Å². The maximum Gasteiger partial charge on any atom is 0.238 e. The van der Waals surface area contributed by atoms with Crippen molar-refractivity contribution in [3.63, 3.8) is 0 Å². The van der Waals surface area contributed by atoms with Crippen molar-refractivity contribution in [1.82, 2.24) is 4.90 Å². The van der Waals surface area contributed by atoms with Gasteiger partial charge in [-0.1, -0.05) is 19.9 Å². The number of hydrogen-bond donors (Lipinski definition) is 1. The molecule has 9 heteroatoms. The molecule has 39 heavy (non-hydrogen) atoms. The van der Waals surface area contributed by atoms with Crippen LogP contribution in [0.4, 0.5) is 18.9 Å². The number of hydrogen-bond acceptors (Lipinski definition) is 5. The maximum absolute atomic E-state index is 15.2. The molecule has 2 aliphatic rings. The SMILES string of the molecule is CCc1cc(F)cc(CC)c1NC(=O)CN1C[C@H](c2cc(F)c3c(c2)OCO3)C[C@@H]1c1ccc(OC)cc1F. The van der Waals surface area contributed by atoms with Crippen molar-refractivity contribution in [2.24, 2.45) is 0 Å². The van der Waals surface area contributed by atoms with E-state index in [0.717, 1.165) is 0 Å². The molecule has 1 N–H and O–H groups in total. The number of benzene rings is 3. The quantitative estimate of drug-likeness (QED) is 0.372. The summed E-state index contributed by atoms with van der Waals surface area (Å²) in [6.45, 7) is 4.13. The van der Waals surface area contributed by atoms with Crippen molar-refractivity contribution in [3.8, 4) is 17.2 Å². The number of carbonyl (C=O) groups excluding carboxylic acids is 1. The third-order valence-corrected chi connectivity index (χ3v) is 7.53. The van der Waals surface area contributed by atoms with Gasteiger partial charge in [0.05, 0.1) is 13.7 Å². The third kappa shape index (κ3) is 5.41. The van der Waals surface area contributed by atoms with Crippen molar-refractivity contribution in [2.45, 2.75) is 45.1 Å². The van der Waals surface area contributed by atoms with E-state index >= 15 is 4.39 Å². The van der Waals surface area contributed by atoms with Crippen molar-refractivity contribution in [1.29, 1.82) is 0 Å². The number of carbonyl (C=O) groups is 1. The van der Waals surface area contributed by atoms with Gasteiger partial charge in [0, 0.05) is 29.9 Å². The van der Waals surface area contributed by atoms with Gasteiger partial charge in [-0.2, -0.15) is 0 Å². The standard InChI is InChI=1S/C30H31F3N2O4/c1-4-17-8-21(31)9-18(5-2)29(17)34-28(36)15-35-14-20(19-10-25(33)30-27(12-19)38-16-39-30)11-26(35)23-7-6-22(37-3)13-24(23)32/h6-10,12-13,20,26H,4-5,11,14-16H2,1-3H3,(H,34,36)/t20-,26-/m1/s1. The molecular weight excluding hydrogens is 509 g/mol. The predicted molar refractivity (Wildman–Crippen MR) is 141 cm³/mol. The molecule has 5 rings (SSSR count). The van der Waals surface area contributed by atoms with E-state index in [0.29, 0.717) is 65.2 Å². The molecule has 0 aliphatic carbocycles. The number of methoxy groups -OCH3 is 1. The van der Waals surface area contributed by atoms with Crippen molar-refractivity contribution in [2.75, 3.05) is 32.3 Å². The Morgan fingerprint density at radius 3 is 2.44 bits per heavy atom. The summed E-state index contributed by atoms with van der Waals surface area (Å²) in [6.07, 6.45) is 1.58. The van der Waals surface area contributed by atoms with Gasteiger partial charge in [-0.3, -0.25) is 9.69 Å². The van der Waals surface area contributed by atoms with E-state index in [2.05, 4.69) is 5.32 Å². The van der Waals surface area contributed by atoms with Crippen molar-refractivity contribution < 1.29 is 32.2 Å². The van der Waals surface area contributed by atoms with E-state index in [9.17, 15) is 13.6 Å². The number of aryl methyl sites for hydroxylation is 2. The van der Waals surface area contributed by atoms with Crippen LogP contribution in [-0.2, 0) is 17.6 Å². The molecule has 0 saturated carbocycles. The number of nitrogens with one attached hydrogen (secondary N) is 1. The minimum atomic E-state index is -0.515. The second-order valence-corrected chi connectivity index (χ2v) is 9.86. The van der Waals surface area contributed by atoms with E-state index in [-0.39, 0.29) is 36.7 Å². The van der Waals surface area contributed by atoms with E-state index in [4.69, 9.17) is 14.2 Å². The van der Waals surface area contributed by atoms with Crippen LogP contribution in [0.2, 0.25) is 0 Å². The summed E-state index contributed by atoms with van der Waals surface area (Å²) < 4.78 is 59.8. The first-order chi connectivity index (χ1) is 18.8. The van der Waals surface area contributed by atoms with Crippen LogP contribution in [-0.4, -0.2) is 37.8 Å². The number of amides is 1. The molecule has 0 bridgehead atoms. The lowest BCUT2D eigenvalue weighted by atomic mass is 9.93. The Labute approximate surface area is 225 Å². The van der Waals surface area contributed by atoms with Crippen LogP contribution in [0.15, 0.2) is 42.5 Å². The van der Waals surface area contributed by atoms with Gasteiger partial charge in [-0.25, -0.2) is 13.2 Å². The molecule has 6 nitrogen and oxygen atoms in total. The molecule has 0 radical (unpaired) electrons. The van der Waals surface area contributed by atoms with Crippen LogP contribution in [0.1, 0.15) is 54.5 Å². The average Bonchev–Trinajstić information content (AvgIpc) is 3.57. The highest BCUT2D eigenvalue weighted by atomic mass is 19.1. The zero-order chi connectivity index (χ0) is 27.7. The van der Waals surface area contributed by atoms with Gasteiger partial charge >= 0.3 is 0 Å². The first kappa shape index (κ1) is 26.9. The van der Waals surface area contributed by atoms with E-state index in [1.54, 1.807) is 18.2 Å². The summed E-state index contributed by atoms with van der Waals surface area (Å²) in [5, 5.41) is 2.98. The summed E-state index contributed by atoms with van der Waals surface area (Å²) in [7, 11) is 1.47. The minimum absolute atomic E-state index is 0.0244. The summed E-state index contributed by atoms with van der Waals surface area (Å²) in [6, 6.07) is 10.3. The summed E-state index contributed by atoms with van der Waals surface area (Å²) in [5.74, 6) is -0.953. The number of ether oxygens (including phenoxy) is 3. The molecule has 2 atom stereocenters. The Hall–Kier alpha value is -3.72. The second kappa shape index (κ2) is 11.2. The molecule has 0 aromatic heterocycles. The monoisotopic (exact) mass is 540 g/mol. The molecule has 1 fully saturated rings. The lowest BCUT2D eigenvalue weighted by molar-refractivity contribution is -0.117. The van der Waals surface area contributed by atoms with Gasteiger partial charge in [0.2, 0.25) is 18.4 Å². The summed E-state index contributed by atoms with van der Waals surface area (Å²) >= 11 is 0. The van der Waals surface area contributed by atoms with Crippen LogP contribution in [0, 0.1) is 17.5 Å². The Morgan fingerprint density at radius 1 is 1.03 bits per heavy atom. The first-order valence-electron chi connectivity index (χ1n) is 13.1. The van der Waals surface area contributed by atoms with E-state index in [1.165, 1.54) is 31.4 Å². The number of likely N-dealkylation sites (tertiary alicyclic amines) is 1. The average molecular weight is 541 g/mol. The Morgan fingerprint density at radius 2 is 1.77 bits per heavy atom. The largest absolute Gasteiger partial charge is 0.497 e. The number of anilines is 1. The Balaban J connectivity index is 1.44. The lowest BCUT2D eigenvalue weighted by Gasteiger charge is -2.25. The highest BCUT2D eigenvalue weighted by molar-refractivity contribution is 5.94. The molecule has 2 heterocycles. The molecule has 206 valence electrons. The van der Waals surface area contributed by atoms with Crippen LogP contribution >= 0.6 is 0 Å². The predicted octanol–water partition coefficient (Wildman–Crippen LogP) is 6.14. The minimum Gasteiger partial charge on any atom is -0.497 e. The van der Waals surface area contributed by atoms with Crippen LogP contribution in [0.5, 0.6) is 17.2 Å². The van der Waals surface area contributed by atoms with Gasteiger partial charge in [-0.15, -0.1) is 0 Å². The zero-order valence-corrected chi connectivity index (χ0v) is 22.2. The van der Waals surface area contributed by atoms with Crippen LogP contribution in [0.3, 0.4) is 0 Å². The fourth-order valence-electron chi connectivity index (χ4n) is 5.58. The van der Waals surface area contributed by atoms with Crippen LogP contribution < -0.4 is 19.5 Å². The fourth-order valence-corrected chi connectivity index (χ4v) is 5.58. The van der Waals surface area contributed by atoms with Gasteiger partial charge in [0.15, 0.2) is 11.6 Å². The fraction of sp³-hybridized carbons (Fsp3) is 0.367. The number of halogens is 3. The Kier molecular flexibility index (Phi) is 7.70. The van der Waals surface area contributed by atoms with Gasteiger partial charge in [0.1, 0.15) is 17.4 Å². The second-order valence-electron chi connectivity index (χ2n) is 9.86. The van der Waals surface area contributed by atoms with Gasteiger partial charge < -0.3 is 19.5 Å². The van der Waals surface area contributed by atoms with Gasteiger partial charge in [-0.05, 0) is 72.2 Å². The number of nitrogens with zero attached hydrogens (tertiary/aromatic N) is 1. The smallest absolute Gasteiger partial charge is 0.238 e. The highest BCUT2D eigenvalue weighted by Gasteiger charge is 2.37. The molecule has 3 aromatic rings. The lowest BCUT2D eigenvalue weighted by Crippen LogP contribution is -2.34. The van der Waals surface area contributed by atoms with Crippen molar-refractivity contribution in [3.05, 3.63) is 82.2 Å². The van der Waals surface area contributed by atoms with E-state index < -0.39 is 17.7 Å². The summed E-state index contributed by atoms with van der Waals surface area (Å²) in [4.78, 5) is 15.2. The van der Waals surface area contributed by atoms with Gasteiger partial charge in [0.25, 0.3) is 0 Å². The first-order valence-corrected chi connectivity index (χ1v) is 13.1. The van der Waals surface area contributed by atoms with Crippen molar-refractivity contribution >= 4 is 11.6 Å². The number of rotatable bonds is 8. The molecule has 0 spiro atoms. The van der Waals surface area contributed by atoms with Crippen LogP contribution in [0.25, 0.3) is 0 Å². The molecule has 3 aromatic carbocycles. The zero-order valence-electron chi connectivity index (χ0n) is 22.2. The topological polar surface area (TPSA) is 60.0 Å². The molecule has 1 saturated heterocycles. The highest BCUT2D eigenvalue weighted by Crippen LogP contribution is 2.45. The summed E-state index contributed by atoms with van der Waals surface area (Å²) in [5.41, 5.74) is 3.17. The number of fused-ring (bicyclic) bond motifs is 1. The Bertz CT molecular complexity index is 1370. The molecular formula is C30H31F3N2O4.